The smallest absolute Gasteiger partial charge is 0.0106 e. The molecule has 0 aromatic heterocycles. The van der Waals surface area contributed by atoms with E-state index in [0.29, 0.717) is 0 Å². The van der Waals surface area contributed by atoms with Gasteiger partial charge in [-0.2, -0.15) is 0 Å². The van der Waals surface area contributed by atoms with Crippen LogP contribution < -0.4 is 5.32 Å². The highest BCUT2D eigenvalue weighted by Gasteiger charge is 2.56. The van der Waals surface area contributed by atoms with Crippen LogP contribution >= 0.6 is 0 Å². The molecular formula is C14H25N. The number of fused-ring (bicyclic) bond motifs is 5. The Balaban J connectivity index is 1.58. The third-order valence-electron chi connectivity index (χ3n) is 5.58. The highest BCUT2D eigenvalue weighted by molar-refractivity contribution is 5.09. The van der Waals surface area contributed by atoms with E-state index in [1.54, 1.807) is 19.3 Å². The van der Waals surface area contributed by atoms with Gasteiger partial charge in [0.2, 0.25) is 0 Å². The zero-order chi connectivity index (χ0) is 10.4. The molecule has 3 fully saturated rings. The molecule has 86 valence electrons. The van der Waals surface area contributed by atoms with Crippen molar-refractivity contribution >= 4 is 0 Å². The molecule has 0 heterocycles. The van der Waals surface area contributed by atoms with Crippen LogP contribution in [-0.2, 0) is 0 Å². The molecule has 0 aromatic carbocycles. The molecule has 3 saturated carbocycles. The van der Waals surface area contributed by atoms with Crippen LogP contribution in [-0.4, -0.2) is 12.1 Å². The molecule has 0 spiro atoms. The first-order chi connectivity index (χ1) is 7.33. The Morgan fingerprint density at radius 2 is 1.80 bits per heavy atom. The Bertz CT molecular complexity index is 231. The van der Waals surface area contributed by atoms with Gasteiger partial charge in [0.05, 0.1) is 0 Å². The lowest BCUT2D eigenvalue weighted by Gasteiger charge is -2.49. The maximum absolute atomic E-state index is 3.91. The van der Waals surface area contributed by atoms with E-state index in [9.17, 15) is 0 Å². The van der Waals surface area contributed by atoms with E-state index in [2.05, 4.69) is 19.2 Å². The number of nitrogens with one attached hydrogen (secondary N) is 1. The summed E-state index contributed by atoms with van der Waals surface area (Å²) in [4.78, 5) is 0. The second-order valence-corrected chi connectivity index (χ2v) is 6.10. The molecule has 1 heteroatoms. The van der Waals surface area contributed by atoms with Gasteiger partial charge < -0.3 is 5.32 Å². The number of hydrogen-bond acceptors (Lipinski definition) is 1. The first kappa shape index (κ1) is 10.1. The van der Waals surface area contributed by atoms with Crippen molar-refractivity contribution in [2.75, 3.05) is 0 Å². The zero-order valence-corrected chi connectivity index (χ0v) is 10.2. The summed E-state index contributed by atoms with van der Waals surface area (Å²) in [7, 11) is 0. The summed E-state index contributed by atoms with van der Waals surface area (Å²) >= 11 is 0. The van der Waals surface area contributed by atoms with Crippen molar-refractivity contribution in [3.8, 4) is 0 Å². The quantitative estimate of drug-likeness (QED) is 0.746. The van der Waals surface area contributed by atoms with E-state index in [0.717, 1.165) is 35.8 Å². The first-order valence-corrected chi connectivity index (χ1v) is 7.09. The third-order valence-corrected chi connectivity index (χ3v) is 5.58. The molecule has 0 saturated heterocycles. The van der Waals surface area contributed by atoms with E-state index >= 15 is 0 Å². The monoisotopic (exact) mass is 207 g/mol. The zero-order valence-electron chi connectivity index (χ0n) is 10.2. The summed E-state index contributed by atoms with van der Waals surface area (Å²) in [6, 6.07) is 1.69. The Hall–Kier alpha value is -0.0400. The molecule has 0 radical (unpaired) electrons. The normalized spacial score (nSPS) is 47.0. The van der Waals surface area contributed by atoms with Crippen molar-refractivity contribution in [2.45, 2.75) is 64.5 Å². The molecule has 3 aliphatic rings. The summed E-state index contributed by atoms with van der Waals surface area (Å²) in [6.45, 7) is 4.64. The van der Waals surface area contributed by atoms with Gasteiger partial charge in [0.15, 0.2) is 0 Å². The Labute approximate surface area is 94.0 Å². The van der Waals surface area contributed by atoms with Gasteiger partial charge in [-0.1, -0.05) is 13.8 Å². The summed E-state index contributed by atoms with van der Waals surface area (Å²) < 4.78 is 0. The van der Waals surface area contributed by atoms with Gasteiger partial charge in [-0.15, -0.1) is 0 Å². The Morgan fingerprint density at radius 1 is 1.07 bits per heavy atom. The van der Waals surface area contributed by atoms with Gasteiger partial charge in [-0.25, -0.2) is 0 Å². The molecule has 15 heavy (non-hydrogen) atoms. The van der Waals surface area contributed by atoms with Crippen LogP contribution in [0, 0.1) is 23.7 Å². The van der Waals surface area contributed by atoms with E-state index in [-0.39, 0.29) is 0 Å². The fourth-order valence-electron chi connectivity index (χ4n) is 4.69. The SMILES string of the molecule is CCC(CC)N[C@H]1C[C@H]2C3CCC(C3)[C@@H]12. The molecule has 1 nitrogen and oxygen atoms in total. The topological polar surface area (TPSA) is 12.0 Å². The molecule has 3 aliphatic carbocycles. The van der Waals surface area contributed by atoms with Gasteiger partial charge in [0, 0.05) is 12.1 Å². The fourth-order valence-corrected chi connectivity index (χ4v) is 4.69. The summed E-state index contributed by atoms with van der Waals surface area (Å²) in [6.07, 6.45) is 8.80. The molecule has 2 unspecified atom stereocenters. The lowest BCUT2D eigenvalue weighted by molar-refractivity contribution is 0.0420. The van der Waals surface area contributed by atoms with Crippen molar-refractivity contribution in [3.05, 3.63) is 0 Å². The standard InChI is InChI=1S/C14H25N/c1-3-11(4-2)15-13-8-12-9-5-6-10(7-9)14(12)13/h9-15H,3-8H2,1-2H3/t9?,10?,12-,13-,14+/m0/s1. The van der Waals surface area contributed by atoms with Crippen molar-refractivity contribution in [3.63, 3.8) is 0 Å². The fraction of sp³-hybridized carbons (Fsp3) is 1.00. The number of rotatable bonds is 4. The van der Waals surface area contributed by atoms with Crippen LogP contribution in [0.2, 0.25) is 0 Å². The van der Waals surface area contributed by atoms with Gasteiger partial charge in [0.1, 0.15) is 0 Å². The second kappa shape index (κ2) is 3.76. The highest BCUT2D eigenvalue weighted by Crippen LogP contribution is 2.61. The lowest BCUT2D eigenvalue weighted by Crippen LogP contribution is -2.55. The van der Waals surface area contributed by atoms with Crippen molar-refractivity contribution in [1.29, 1.82) is 0 Å². The van der Waals surface area contributed by atoms with E-state index in [1.165, 1.54) is 19.3 Å². The molecule has 0 aromatic rings. The molecular weight excluding hydrogens is 182 g/mol. The molecule has 0 aliphatic heterocycles. The minimum Gasteiger partial charge on any atom is -0.311 e. The van der Waals surface area contributed by atoms with Crippen LogP contribution in [0.15, 0.2) is 0 Å². The predicted molar refractivity (Wildman–Crippen MR) is 63.7 cm³/mol. The van der Waals surface area contributed by atoms with Gasteiger partial charge in [-0.3, -0.25) is 0 Å². The second-order valence-electron chi connectivity index (χ2n) is 6.10. The summed E-state index contributed by atoms with van der Waals surface area (Å²) in [5, 5.41) is 3.91. The predicted octanol–water partition coefficient (Wildman–Crippen LogP) is 3.20. The largest absolute Gasteiger partial charge is 0.311 e. The molecule has 0 amide bonds. The maximum Gasteiger partial charge on any atom is 0.0106 e. The van der Waals surface area contributed by atoms with Crippen LogP contribution in [0.3, 0.4) is 0 Å². The number of hydrogen-bond donors (Lipinski definition) is 1. The van der Waals surface area contributed by atoms with Crippen LogP contribution in [0.4, 0.5) is 0 Å². The lowest BCUT2D eigenvalue weighted by atomic mass is 9.62. The Morgan fingerprint density at radius 3 is 2.47 bits per heavy atom. The molecule has 5 atom stereocenters. The average Bonchev–Trinajstić information content (AvgIpc) is 2.75. The van der Waals surface area contributed by atoms with Crippen LogP contribution in [0.25, 0.3) is 0 Å². The first-order valence-electron chi connectivity index (χ1n) is 7.09. The summed E-state index contributed by atoms with van der Waals surface area (Å²) in [5.41, 5.74) is 0. The minimum atomic E-state index is 0.787. The maximum atomic E-state index is 3.91. The van der Waals surface area contributed by atoms with Crippen molar-refractivity contribution in [1.82, 2.24) is 5.32 Å². The Kier molecular flexibility index (Phi) is 2.54. The van der Waals surface area contributed by atoms with Crippen molar-refractivity contribution < 1.29 is 0 Å². The van der Waals surface area contributed by atoms with Gasteiger partial charge in [-0.05, 0) is 62.2 Å². The molecule has 3 rings (SSSR count). The van der Waals surface area contributed by atoms with Crippen molar-refractivity contribution in [2.24, 2.45) is 23.7 Å². The van der Waals surface area contributed by atoms with Gasteiger partial charge >= 0.3 is 0 Å². The van der Waals surface area contributed by atoms with Gasteiger partial charge in [0.25, 0.3) is 0 Å². The van der Waals surface area contributed by atoms with Crippen LogP contribution in [0.5, 0.6) is 0 Å². The van der Waals surface area contributed by atoms with E-state index < -0.39 is 0 Å². The van der Waals surface area contributed by atoms with E-state index in [1.807, 2.05) is 0 Å². The average molecular weight is 207 g/mol. The summed E-state index contributed by atoms with van der Waals surface area (Å²) in [5.74, 6) is 4.47. The molecule has 1 N–H and O–H groups in total. The minimum absolute atomic E-state index is 0.787. The van der Waals surface area contributed by atoms with E-state index in [4.69, 9.17) is 0 Å². The highest BCUT2D eigenvalue weighted by atomic mass is 15.0. The third kappa shape index (κ3) is 1.46. The molecule has 2 bridgehead atoms. The van der Waals surface area contributed by atoms with Crippen LogP contribution in [0.1, 0.15) is 52.4 Å².